The summed E-state index contributed by atoms with van der Waals surface area (Å²) < 4.78 is 67.7. The van der Waals surface area contributed by atoms with Gasteiger partial charge in [0, 0.05) is 17.0 Å². The van der Waals surface area contributed by atoms with Gasteiger partial charge in [0.05, 0.1) is 18.2 Å². The van der Waals surface area contributed by atoms with Crippen LogP contribution in [0, 0.1) is 5.92 Å². The van der Waals surface area contributed by atoms with Gasteiger partial charge in [-0.3, -0.25) is 14.3 Å². The molecule has 5 rings (SSSR count). The maximum atomic E-state index is 13.4. The van der Waals surface area contributed by atoms with Crippen LogP contribution in [0.2, 0.25) is 0 Å². The summed E-state index contributed by atoms with van der Waals surface area (Å²) in [6.07, 6.45) is -4.35. The molecule has 1 unspecified atom stereocenters. The van der Waals surface area contributed by atoms with Crippen molar-refractivity contribution in [3.63, 3.8) is 0 Å². The molecular weight excluding hydrogens is 505 g/mol. The Balaban J connectivity index is 1.46. The number of anilines is 1. The Morgan fingerprint density at radius 3 is 2.42 bits per heavy atom. The molecule has 0 spiro atoms. The third-order valence-corrected chi connectivity index (χ3v) is 7.51. The van der Waals surface area contributed by atoms with Crippen LogP contribution < -0.4 is 11.1 Å². The van der Waals surface area contributed by atoms with Gasteiger partial charge in [0.15, 0.2) is 5.69 Å². The summed E-state index contributed by atoms with van der Waals surface area (Å²) in [6.45, 7) is 1.43. The lowest BCUT2D eigenvalue weighted by Crippen LogP contribution is -2.26. The van der Waals surface area contributed by atoms with E-state index in [0.29, 0.717) is 16.6 Å². The molecule has 2 saturated carbocycles. The fraction of sp³-hybridized carbons (Fsp3) is 0.478. The van der Waals surface area contributed by atoms with E-state index in [-0.39, 0.29) is 33.8 Å². The Morgan fingerprint density at radius 1 is 1.19 bits per heavy atom. The summed E-state index contributed by atoms with van der Waals surface area (Å²) in [5, 5.41) is 6.78. The maximum Gasteiger partial charge on any atom is 0.435 e. The van der Waals surface area contributed by atoms with E-state index in [4.69, 9.17) is 5.73 Å². The third-order valence-electron chi connectivity index (χ3n) is 6.42. The standard InChI is InChI=1S/C23H22F5N5O2S/c1-9(8-33-14(11-4-5-11)7-15(32-33)23(26,27)28)21(35)31-17-16-12(10-2-3-10)6-13(19(24)25)30-22(16)36-18(17)20(29)34/h6-7,9-11,19H,2-5,8H2,1H3,(H2,29,34)(H,31,35). The minimum Gasteiger partial charge on any atom is -0.365 e. The molecule has 1 atom stereocenters. The Hall–Kier alpha value is -3.09. The van der Waals surface area contributed by atoms with Crippen molar-refractivity contribution in [3.05, 3.63) is 39.7 Å². The van der Waals surface area contributed by atoms with Crippen LogP contribution in [0.15, 0.2) is 12.1 Å². The second-order valence-corrected chi connectivity index (χ2v) is 10.4. The summed E-state index contributed by atoms with van der Waals surface area (Å²) in [5.41, 5.74) is 5.20. The summed E-state index contributed by atoms with van der Waals surface area (Å²) >= 11 is 0.825. The van der Waals surface area contributed by atoms with Crippen LogP contribution >= 0.6 is 11.3 Å². The van der Waals surface area contributed by atoms with E-state index in [1.54, 1.807) is 0 Å². The van der Waals surface area contributed by atoms with Crippen molar-refractivity contribution < 1.29 is 31.5 Å². The molecule has 36 heavy (non-hydrogen) atoms. The number of fused-ring (bicyclic) bond motifs is 1. The van der Waals surface area contributed by atoms with Gasteiger partial charge in [-0.15, -0.1) is 11.3 Å². The van der Waals surface area contributed by atoms with Crippen LogP contribution in [0.4, 0.5) is 27.6 Å². The van der Waals surface area contributed by atoms with Crippen molar-refractivity contribution in [1.29, 1.82) is 0 Å². The first-order valence-electron chi connectivity index (χ1n) is 11.4. The number of nitrogens with one attached hydrogen (secondary N) is 1. The number of amides is 2. The number of alkyl halides is 5. The average Bonchev–Trinajstić information content (AvgIpc) is 3.73. The largest absolute Gasteiger partial charge is 0.435 e. The lowest BCUT2D eigenvalue weighted by Gasteiger charge is -2.15. The molecule has 7 nitrogen and oxygen atoms in total. The summed E-state index contributed by atoms with van der Waals surface area (Å²) in [6, 6.07) is 2.32. The minimum absolute atomic E-state index is 0.00219. The van der Waals surface area contributed by atoms with E-state index >= 15 is 0 Å². The summed E-state index contributed by atoms with van der Waals surface area (Å²) in [7, 11) is 0. The normalized spacial score (nSPS) is 17.1. The number of rotatable bonds is 8. The number of hydrogen-bond acceptors (Lipinski definition) is 5. The Bertz CT molecular complexity index is 1360. The number of aromatic nitrogens is 3. The van der Waals surface area contributed by atoms with Gasteiger partial charge in [-0.25, -0.2) is 13.8 Å². The van der Waals surface area contributed by atoms with Gasteiger partial charge < -0.3 is 11.1 Å². The van der Waals surface area contributed by atoms with E-state index in [0.717, 1.165) is 43.1 Å². The first kappa shape index (κ1) is 24.6. The highest BCUT2D eigenvalue weighted by atomic mass is 32.1. The first-order valence-corrected chi connectivity index (χ1v) is 12.3. The van der Waals surface area contributed by atoms with E-state index < -0.39 is 41.7 Å². The Labute approximate surface area is 205 Å². The lowest BCUT2D eigenvalue weighted by atomic mass is 10.0. The van der Waals surface area contributed by atoms with Gasteiger partial charge in [0.2, 0.25) is 5.91 Å². The number of nitrogens with two attached hydrogens (primary N) is 1. The smallest absolute Gasteiger partial charge is 0.365 e. The van der Waals surface area contributed by atoms with E-state index in [9.17, 15) is 31.5 Å². The van der Waals surface area contributed by atoms with Crippen molar-refractivity contribution in [3.8, 4) is 0 Å². The fourth-order valence-electron chi connectivity index (χ4n) is 4.28. The zero-order valence-electron chi connectivity index (χ0n) is 19.0. The maximum absolute atomic E-state index is 13.4. The monoisotopic (exact) mass is 527 g/mol. The van der Waals surface area contributed by atoms with Crippen LogP contribution in [0.25, 0.3) is 10.2 Å². The lowest BCUT2D eigenvalue weighted by molar-refractivity contribution is -0.141. The van der Waals surface area contributed by atoms with Gasteiger partial charge >= 0.3 is 6.18 Å². The van der Waals surface area contributed by atoms with E-state index in [1.807, 2.05) is 0 Å². The highest BCUT2D eigenvalue weighted by molar-refractivity contribution is 7.21. The number of nitrogens with zero attached hydrogens (tertiary/aromatic N) is 3. The molecule has 3 N–H and O–H groups in total. The molecule has 13 heteroatoms. The third kappa shape index (κ3) is 4.67. The second-order valence-electron chi connectivity index (χ2n) is 9.36. The summed E-state index contributed by atoms with van der Waals surface area (Å²) in [5.74, 6) is -2.26. The predicted molar refractivity (Wildman–Crippen MR) is 122 cm³/mol. The molecule has 0 aromatic carbocycles. The number of carbonyl (C=O) groups excluding carboxylic acids is 2. The van der Waals surface area contributed by atoms with Crippen molar-refractivity contribution >= 4 is 39.1 Å². The van der Waals surface area contributed by atoms with Crippen molar-refractivity contribution in [2.75, 3.05) is 5.32 Å². The number of thiophene rings is 1. The molecule has 3 heterocycles. The number of carbonyl (C=O) groups is 2. The molecule has 0 aliphatic heterocycles. The van der Waals surface area contributed by atoms with Gasteiger partial charge in [0.1, 0.15) is 15.4 Å². The number of halogens is 5. The molecule has 2 aliphatic carbocycles. The fourth-order valence-corrected chi connectivity index (χ4v) is 5.30. The molecule has 192 valence electrons. The zero-order valence-corrected chi connectivity index (χ0v) is 19.8. The van der Waals surface area contributed by atoms with Crippen LogP contribution in [-0.4, -0.2) is 26.6 Å². The molecule has 0 radical (unpaired) electrons. The first-order chi connectivity index (χ1) is 16.9. The number of primary amides is 1. The quantitative estimate of drug-likeness (QED) is 0.374. The molecule has 2 aliphatic rings. The number of pyridine rings is 1. The number of hydrogen-bond donors (Lipinski definition) is 2. The van der Waals surface area contributed by atoms with Crippen molar-refractivity contribution in [2.45, 2.75) is 63.6 Å². The highest BCUT2D eigenvalue weighted by Crippen LogP contribution is 2.48. The molecule has 3 aromatic rings. The van der Waals surface area contributed by atoms with Crippen LogP contribution in [0.5, 0.6) is 0 Å². The Kier molecular flexibility index (Phi) is 6.00. The zero-order chi connectivity index (χ0) is 25.9. The molecular formula is C23H22F5N5O2S. The van der Waals surface area contributed by atoms with Crippen molar-refractivity contribution in [2.24, 2.45) is 11.7 Å². The molecule has 2 fully saturated rings. The topological polar surface area (TPSA) is 103 Å². The minimum atomic E-state index is -4.60. The molecule has 0 saturated heterocycles. The van der Waals surface area contributed by atoms with Crippen LogP contribution in [0.3, 0.4) is 0 Å². The predicted octanol–water partition coefficient (Wildman–Crippen LogP) is 5.58. The van der Waals surface area contributed by atoms with E-state index in [2.05, 4.69) is 15.4 Å². The average molecular weight is 528 g/mol. The van der Waals surface area contributed by atoms with Gasteiger partial charge in [-0.1, -0.05) is 6.92 Å². The van der Waals surface area contributed by atoms with Gasteiger partial charge in [-0.2, -0.15) is 18.3 Å². The highest BCUT2D eigenvalue weighted by Gasteiger charge is 2.38. The Morgan fingerprint density at radius 2 is 1.86 bits per heavy atom. The molecule has 0 bridgehead atoms. The SMILES string of the molecule is CC(Cn1nc(C(F)(F)F)cc1C1CC1)C(=O)Nc1c(C(N)=O)sc2nc(C(F)F)cc(C3CC3)c12. The van der Waals surface area contributed by atoms with E-state index in [1.165, 1.54) is 17.7 Å². The van der Waals surface area contributed by atoms with Crippen LogP contribution in [0.1, 0.15) is 83.2 Å². The van der Waals surface area contributed by atoms with Gasteiger partial charge in [-0.05, 0) is 49.3 Å². The van der Waals surface area contributed by atoms with Crippen LogP contribution in [-0.2, 0) is 17.5 Å². The summed E-state index contributed by atoms with van der Waals surface area (Å²) in [4.78, 5) is 29.4. The molecule has 3 aromatic heterocycles. The van der Waals surface area contributed by atoms with Crippen molar-refractivity contribution in [1.82, 2.24) is 14.8 Å². The molecule has 2 amide bonds. The second kappa shape index (κ2) is 8.79. The van der Waals surface area contributed by atoms with Gasteiger partial charge in [0.25, 0.3) is 12.3 Å².